The molecule has 3 aromatic rings. The summed E-state index contributed by atoms with van der Waals surface area (Å²) in [6.07, 6.45) is 2.14. The number of nitrogens with zero attached hydrogens (tertiary/aromatic N) is 4. The Hall–Kier alpha value is -2.65. The number of hydrogen-bond donors (Lipinski definition) is 2. The van der Waals surface area contributed by atoms with Crippen LogP contribution in [0.5, 0.6) is 0 Å². The zero-order chi connectivity index (χ0) is 19.0. The number of nitrogens with two attached hydrogens (primary N) is 1. The van der Waals surface area contributed by atoms with E-state index in [0.717, 1.165) is 32.0 Å². The molecule has 0 unspecified atom stereocenters. The highest BCUT2D eigenvalue weighted by atomic mass is 32.2. The number of nitrogen functional groups attached to an aromatic ring is 1. The lowest BCUT2D eigenvalue weighted by atomic mass is 10.3. The molecule has 1 aliphatic rings. The van der Waals surface area contributed by atoms with Crippen LogP contribution in [-0.4, -0.2) is 48.5 Å². The van der Waals surface area contributed by atoms with E-state index in [1.807, 2.05) is 6.92 Å². The van der Waals surface area contributed by atoms with Gasteiger partial charge < -0.3 is 16.0 Å². The van der Waals surface area contributed by atoms with Gasteiger partial charge in [0, 0.05) is 44.5 Å². The van der Waals surface area contributed by atoms with Crippen molar-refractivity contribution in [3.05, 3.63) is 42.4 Å². The molecule has 27 heavy (non-hydrogen) atoms. The number of pyridine rings is 1. The molecule has 1 saturated heterocycles. The summed E-state index contributed by atoms with van der Waals surface area (Å²) in [7, 11) is -3.79. The van der Waals surface area contributed by atoms with E-state index in [9.17, 15) is 8.42 Å². The second-order valence-corrected chi connectivity index (χ2v) is 8.25. The first kappa shape index (κ1) is 17.7. The van der Waals surface area contributed by atoms with Gasteiger partial charge in [-0.15, -0.1) is 0 Å². The van der Waals surface area contributed by atoms with Crippen molar-refractivity contribution in [1.29, 1.82) is 0 Å². The smallest absolute Gasteiger partial charge is 0.269 e. The van der Waals surface area contributed by atoms with Gasteiger partial charge >= 0.3 is 0 Å². The van der Waals surface area contributed by atoms with Gasteiger partial charge in [-0.25, -0.2) is 22.4 Å². The highest BCUT2D eigenvalue weighted by Crippen LogP contribution is 2.29. The molecule has 2 aromatic heterocycles. The normalized spacial score (nSPS) is 15.4. The number of hydrogen-bond acceptors (Lipinski definition) is 7. The van der Waals surface area contributed by atoms with Crippen molar-refractivity contribution in [2.75, 3.05) is 36.8 Å². The molecule has 4 rings (SSSR count). The van der Waals surface area contributed by atoms with Crippen LogP contribution in [0, 0.1) is 0 Å². The Bertz CT molecular complexity index is 1070. The average Bonchev–Trinajstić information content (AvgIpc) is 3.08. The van der Waals surface area contributed by atoms with Crippen LogP contribution >= 0.6 is 0 Å². The van der Waals surface area contributed by atoms with Crippen molar-refractivity contribution in [3.63, 3.8) is 0 Å². The summed E-state index contributed by atoms with van der Waals surface area (Å²) in [5.74, 6) is 1.22. The second kappa shape index (κ2) is 6.82. The molecule has 3 heterocycles. The third-order valence-electron chi connectivity index (χ3n) is 4.73. The standard InChI is InChI=1S/C18H22N6O2S/c1-2-16-22-17-15(7-8-21-18(17)23-11-9-20-10-12-23)24(16)27(25,26)14-5-3-13(19)4-6-14/h3-8,20H,2,9-12,19H2,1H3. The van der Waals surface area contributed by atoms with Gasteiger partial charge in [-0.2, -0.15) is 0 Å². The van der Waals surface area contributed by atoms with Crippen molar-refractivity contribution in [2.45, 2.75) is 18.2 Å². The molecule has 1 aromatic carbocycles. The van der Waals surface area contributed by atoms with Crippen molar-refractivity contribution < 1.29 is 8.42 Å². The summed E-state index contributed by atoms with van der Waals surface area (Å²) in [4.78, 5) is 11.5. The fraction of sp³-hybridized carbons (Fsp3) is 0.333. The molecule has 0 amide bonds. The van der Waals surface area contributed by atoms with Gasteiger partial charge in [-0.05, 0) is 30.3 Å². The Morgan fingerprint density at radius 1 is 1.15 bits per heavy atom. The molecular weight excluding hydrogens is 364 g/mol. The van der Waals surface area contributed by atoms with E-state index >= 15 is 0 Å². The minimum absolute atomic E-state index is 0.186. The van der Waals surface area contributed by atoms with Gasteiger partial charge in [0.1, 0.15) is 11.3 Å². The number of anilines is 2. The van der Waals surface area contributed by atoms with E-state index in [4.69, 9.17) is 5.73 Å². The summed E-state index contributed by atoms with van der Waals surface area (Å²) < 4.78 is 28.0. The minimum atomic E-state index is -3.79. The van der Waals surface area contributed by atoms with Crippen LogP contribution < -0.4 is 16.0 Å². The van der Waals surface area contributed by atoms with Crippen LogP contribution in [0.3, 0.4) is 0 Å². The van der Waals surface area contributed by atoms with Crippen LogP contribution in [0.25, 0.3) is 11.0 Å². The Balaban J connectivity index is 1.91. The first-order chi connectivity index (χ1) is 13.0. The molecule has 1 aliphatic heterocycles. The highest BCUT2D eigenvalue weighted by Gasteiger charge is 2.26. The Labute approximate surface area is 158 Å². The Kier molecular flexibility index (Phi) is 4.48. The monoisotopic (exact) mass is 386 g/mol. The van der Waals surface area contributed by atoms with E-state index in [1.54, 1.807) is 24.4 Å². The van der Waals surface area contributed by atoms with Crippen molar-refractivity contribution in [2.24, 2.45) is 0 Å². The first-order valence-electron chi connectivity index (χ1n) is 8.95. The maximum Gasteiger partial charge on any atom is 0.269 e. The number of benzene rings is 1. The van der Waals surface area contributed by atoms with E-state index in [2.05, 4.69) is 20.2 Å². The van der Waals surface area contributed by atoms with Crippen molar-refractivity contribution >= 4 is 32.6 Å². The topological polar surface area (TPSA) is 106 Å². The molecule has 3 N–H and O–H groups in total. The molecular formula is C18H22N6O2S. The first-order valence-corrected chi connectivity index (χ1v) is 10.4. The van der Waals surface area contributed by atoms with Crippen molar-refractivity contribution in [3.8, 4) is 0 Å². The fourth-order valence-electron chi connectivity index (χ4n) is 3.36. The molecule has 0 bridgehead atoms. The number of piperazine rings is 1. The fourth-order valence-corrected chi connectivity index (χ4v) is 4.91. The molecule has 0 saturated carbocycles. The second-order valence-electron chi connectivity index (χ2n) is 6.46. The molecule has 0 spiro atoms. The van der Waals surface area contributed by atoms with Crippen LogP contribution in [0.4, 0.5) is 11.5 Å². The summed E-state index contributed by atoms with van der Waals surface area (Å²) >= 11 is 0. The summed E-state index contributed by atoms with van der Waals surface area (Å²) in [6, 6.07) is 7.93. The van der Waals surface area contributed by atoms with Gasteiger partial charge in [-0.3, -0.25) is 0 Å². The lowest BCUT2D eigenvalue weighted by Crippen LogP contribution is -2.44. The van der Waals surface area contributed by atoms with Crippen LogP contribution in [0.15, 0.2) is 41.4 Å². The molecule has 142 valence electrons. The zero-order valence-electron chi connectivity index (χ0n) is 15.1. The highest BCUT2D eigenvalue weighted by molar-refractivity contribution is 7.90. The maximum absolute atomic E-state index is 13.3. The number of aryl methyl sites for hydroxylation is 1. The lowest BCUT2D eigenvalue weighted by Gasteiger charge is -2.28. The van der Waals surface area contributed by atoms with E-state index < -0.39 is 10.0 Å². The quantitative estimate of drug-likeness (QED) is 0.650. The SMILES string of the molecule is CCc1nc2c(N3CCNCC3)nccc2n1S(=O)(=O)c1ccc(N)cc1. The van der Waals surface area contributed by atoms with Crippen LogP contribution in [0.1, 0.15) is 12.7 Å². The lowest BCUT2D eigenvalue weighted by molar-refractivity contribution is 0.586. The van der Waals surface area contributed by atoms with Gasteiger partial charge in [0.2, 0.25) is 0 Å². The van der Waals surface area contributed by atoms with E-state index in [0.29, 0.717) is 29.0 Å². The number of nitrogens with one attached hydrogen (secondary N) is 1. The Morgan fingerprint density at radius 2 is 1.85 bits per heavy atom. The summed E-state index contributed by atoms with van der Waals surface area (Å²) in [6.45, 7) is 5.25. The van der Waals surface area contributed by atoms with Crippen molar-refractivity contribution in [1.82, 2.24) is 19.3 Å². The van der Waals surface area contributed by atoms with E-state index in [1.165, 1.54) is 16.1 Å². The molecule has 8 nitrogen and oxygen atoms in total. The number of fused-ring (bicyclic) bond motifs is 1. The number of aromatic nitrogens is 3. The minimum Gasteiger partial charge on any atom is -0.399 e. The number of imidazole rings is 1. The number of rotatable bonds is 4. The molecule has 0 radical (unpaired) electrons. The third kappa shape index (κ3) is 3.02. The molecule has 1 fully saturated rings. The Morgan fingerprint density at radius 3 is 2.52 bits per heavy atom. The van der Waals surface area contributed by atoms with Gasteiger partial charge in [0.15, 0.2) is 5.82 Å². The molecule has 0 aliphatic carbocycles. The maximum atomic E-state index is 13.3. The van der Waals surface area contributed by atoms with Gasteiger partial charge in [-0.1, -0.05) is 6.92 Å². The molecule has 9 heteroatoms. The van der Waals surface area contributed by atoms with Gasteiger partial charge in [0.05, 0.1) is 10.4 Å². The zero-order valence-corrected chi connectivity index (χ0v) is 15.9. The van der Waals surface area contributed by atoms with Gasteiger partial charge in [0.25, 0.3) is 10.0 Å². The van der Waals surface area contributed by atoms with Crippen LogP contribution in [-0.2, 0) is 16.4 Å². The van der Waals surface area contributed by atoms with Crippen LogP contribution in [0.2, 0.25) is 0 Å². The predicted octanol–water partition coefficient (Wildman–Crippen LogP) is 1.22. The molecule has 0 atom stereocenters. The third-order valence-corrected chi connectivity index (χ3v) is 6.48. The van der Waals surface area contributed by atoms with E-state index in [-0.39, 0.29) is 4.90 Å². The summed E-state index contributed by atoms with van der Waals surface area (Å²) in [5, 5.41) is 3.31. The largest absolute Gasteiger partial charge is 0.399 e. The summed E-state index contributed by atoms with van der Waals surface area (Å²) in [5.41, 5.74) is 7.39. The predicted molar refractivity (Wildman–Crippen MR) is 105 cm³/mol. The average molecular weight is 386 g/mol.